The molecule has 1 unspecified atom stereocenters. The van der Waals surface area contributed by atoms with Crippen molar-refractivity contribution >= 4 is 11.6 Å². The molecule has 4 heteroatoms. The number of likely N-dealkylation sites (N-methyl/N-ethyl adjacent to an activating group) is 1. The van der Waals surface area contributed by atoms with Crippen LogP contribution in [0.3, 0.4) is 0 Å². The summed E-state index contributed by atoms with van der Waals surface area (Å²) in [5.41, 5.74) is 7.08. The number of rotatable bonds is 3. The third-order valence-electron chi connectivity index (χ3n) is 5.56. The highest BCUT2D eigenvalue weighted by Crippen LogP contribution is 2.29. The third kappa shape index (κ3) is 3.52. The second-order valence-electron chi connectivity index (χ2n) is 7.21. The fraction of sp³-hybridized carbons (Fsp3) is 0.632. The Morgan fingerprint density at radius 3 is 2.57 bits per heavy atom. The maximum Gasteiger partial charge on any atom is 0.242 e. The van der Waals surface area contributed by atoms with Gasteiger partial charge in [-0.25, -0.2) is 0 Å². The maximum absolute atomic E-state index is 12.9. The van der Waals surface area contributed by atoms with Crippen LogP contribution in [0.4, 0.5) is 5.69 Å². The molecule has 0 bridgehead atoms. The van der Waals surface area contributed by atoms with Crippen LogP contribution in [0.15, 0.2) is 30.3 Å². The van der Waals surface area contributed by atoms with Crippen LogP contribution in [0, 0.1) is 0 Å². The van der Waals surface area contributed by atoms with Gasteiger partial charge in [-0.1, -0.05) is 37.5 Å². The Bertz CT molecular complexity index is 525. The Kier molecular flexibility index (Phi) is 4.90. The van der Waals surface area contributed by atoms with E-state index in [0.717, 1.165) is 51.6 Å². The van der Waals surface area contributed by atoms with Crippen LogP contribution >= 0.6 is 0 Å². The van der Waals surface area contributed by atoms with Crippen LogP contribution in [0.2, 0.25) is 0 Å². The standard InChI is InChI=1S/C19H29N3O/c1-21(18(23)19(20)12-6-3-7-13-19)17-11-8-14-22(15-17)16-9-4-2-5-10-16/h2,4-5,9-10,17H,3,6-8,11-15,20H2,1H3. The number of hydrogen-bond acceptors (Lipinski definition) is 3. The van der Waals surface area contributed by atoms with Gasteiger partial charge in [0.15, 0.2) is 0 Å². The van der Waals surface area contributed by atoms with Gasteiger partial charge in [0.25, 0.3) is 0 Å². The van der Waals surface area contributed by atoms with E-state index in [4.69, 9.17) is 5.73 Å². The van der Waals surface area contributed by atoms with Gasteiger partial charge in [-0.3, -0.25) is 4.79 Å². The van der Waals surface area contributed by atoms with E-state index in [2.05, 4.69) is 29.2 Å². The summed E-state index contributed by atoms with van der Waals surface area (Å²) in [5.74, 6) is 0.150. The van der Waals surface area contributed by atoms with E-state index < -0.39 is 5.54 Å². The van der Waals surface area contributed by atoms with Crippen LogP contribution in [-0.4, -0.2) is 42.5 Å². The zero-order valence-corrected chi connectivity index (χ0v) is 14.2. The number of nitrogens with zero attached hydrogens (tertiary/aromatic N) is 2. The second kappa shape index (κ2) is 6.91. The molecule has 1 aromatic rings. The van der Waals surface area contributed by atoms with Crippen molar-refractivity contribution in [2.75, 3.05) is 25.0 Å². The van der Waals surface area contributed by atoms with Gasteiger partial charge in [0, 0.05) is 31.9 Å². The first kappa shape index (κ1) is 16.3. The number of piperidine rings is 1. The fourth-order valence-corrected chi connectivity index (χ4v) is 4.06. The van der Waals surface area contributed by atoms with Crippen molar-refractivity contribution in [3.8, 4) is 0 Å². The molecule has 0 radical (unpaired) electrons. The molecule has 2 N–H and O–H groups in total. The number of amides is 1. The number of para-hydroxylation sites is 1. The van der Waals surface area contributed by atoms with Gasteiger partial charge in [0.05, 0.1) is 5.54 Å². The minimum atomic E-state index is -0.623. The second-order valence-corrected chi connectivity index (χ2v) is 7.21. The summed E-state index contributed by atoms with van der Waals surface area (Å²) >= 11 is 0. The molecule has 1 aromatic carbocycles. The van der Waals surface area contributed by atoms with Crippen LogP contribution < -0.4 is 10.6 Å². The molecule has 2 aliphatic rings. The average molecular weight is 315 g/mol. The molecule has 4 nitrogen and oxygen atoms in total. The van der Waals surface area contributed by atoms with E-state index in [0.29, 0.717) is 0 Å². The molecule has 1 saturated carbocycles. The predicted molar refractivity (Wildman–Crippen MR) is 94.5 cm³/mol. The van der Waals surface area contributed by atoms with Crippen molar-refractivity contribution in [3.05, 3.63) is 30.3 Å². The van der Waals surface area contributed by atoms with Crippen LogP contribution in [0.25, 0.3) is 0 Å². The summed E-state index contributed by atoms with van der Waals surface area (Å²) in [4.78, 5) is 17.3. The monoisotopic (exact) mass is 315 g/mol. The molecule has 1 amide bonds. The van der Waals surface area contributed by atoms with Gasteiger partial charge < -0.3 is 15.5 Å². The third-order valence-corrected chi connectivity index (χ3v) is 5.56. The van der Waals surface area contributed by atoms with E-state index in [9.17, 15) is 4.79 Å². The minimum absolute atomic E-state index is 0.150. The Morgan fingerprint density at radius 2 is 1.87 bits per heavy atom. The van der Waals surface area contributed by atoms with Gasteiger partial charge in [-0.2, -0.15) is 0 Å². The van der Waals surface area contributed by atoms with Gasteiger partial charge >= 0.3 is 0 Å². The largest absolute Gasteiger partial charge is 0.369 e. The topological polar surface area (TPSA) is 49.6 Å². The molecular weight excluding hydrogens is 286 g/mol. The number of carbonyl (C=O) groups excluding carboxylic acids is 1. The predicted octanol–water partition coefficient (Wildman–Crippen LogP) is 2.78. The highest BCUT2D eigenvalue weighted by Gasteiger charge is 2.39. The highest BCUT2D eigenvalue weighted by atomic mass is 16.2. The average Bonchev–Trinajstić information content (AvgIpc) is 2.62. The lowest BCUT2D eigenvalue weighted by atomic mass is 9.81. The molecule has 0 spiro atoms. The van der Waals surface area contributed by atoms with Crippen molar-refractivity contribution in [2.24, 2.45) is 5.73 Å². The first-order valence-electron chi connectivity index (χ1n) is 8.96. The Hall–Kier alpha value is -1.55. The molecule has 2 fully saturated rings. The molecular formula is C19H29N3O. The summed E-state index contributed by atoms with van der Waals surface area (Å²) in [6.45, 7) is 1.97. The summed E-state index contributed by atoms with van der Waals surface area (Å²) in [5, 5.41) is 0. The van der Waals surface area contributed by atoms with Gasteiger partial charge in [-0.05, 0) is 37.8 Å². The van der Waals surface area contributed by atoms with Crippen LogP contribution in [-0.2, 0) is 4.79 Å². The maximum atomic E-state index is 12.9. The molecule has 126 valence electrons. The van der Waals surface area contributed by atoms with Gasteiger partial charge in [-0.15, -0.1) is 0 Å². The van der Waals surface area contributed by atoms with Gasteiger partial charge in [0.1, 0.15) is 0 Å². The number of carbonyl (C=O) groups is 1. The molecule has 0 aromatic heterocycles. The lowest BCUT2D eigenvalue weighted by Gasteiger charge is -2.42. The molecule has 1 saturated heterocycles. The number of benzene rings is 1. The molecule has 23 heavy (non-hydrogen) atoms. The first-order chi connectivity index (χ1) is 11.1. The Balaban J connectivity index is 1.67. The van der Waals surface area contributed by atoms with Gasteiger partial charge in [0.2, 0.25) is 5.91 Å². The zero-order chi connectivity index (χ0) is 16.3. The van der Waals surface area contributed by atoms with Crippen molar-refractivity contribution < 1.29 is 4.79 Å². The van der Waals surface area contributed by atoms with Crippen molar-refractivity contribution in [1.82, 2.24) is 4.90 Å². The summed E-state index contributed by atoms with van der Waals surface area (Å²) < 4.78 is 0. The van der Waals surface area contributed by atoms with Crippen LogP contribution in [0.1, 0.15) is 44.9 Å². The first-order valence-corrected chi connectivity index (χ1v) is 8.96. The molecule has 1 atom stereocenters. The fourth-order valence-electron chi connectivity index (χ4n) is 4.06. The number of hydrogen-bond donors (Lipinski definition) is 1. The van der Waals surface area contributed by atoms with E-state index in [1.165, 1.54) is 12.1 Å². The lowest BCUT2D eigenvalue weighted by molar-refractivity contribution is -0.139. The minimum Gasteiger partial charge on any atom is -0.369 e. The molecule has 1 heterocycles. The molecule has 3 rings (SSSR count). The van der Waals surface area contributed by atoms with E-state index in [1.807, 2.05) is 18.0 Å². The quantitative estimate of drug-likeness (QED) is 0.933. The summed E-state index contributed by atoms with van der Waals surface area (Å²) in [6.07, 6.45) is 7.24. The lowest BCUT2D eigenvalue weighted by Crippen LogP contribution is -2.59. The zero-order valence-electron chi connectivity index (χ0n) is 14.2. The normalized spacial score (nSPS) is 24.3. The van der Waals surface area contributed by atoms with E-state index in [1.54, 1.807) is 0 Å². The molecule has 1 aliphatic carbocycles. The van der Waals surface area contributed by atoms with E-state index in [-0.39, 0.29) is 11.9 Å². The van der Waals surface area contributed by atoms with Crippen LogP contribution in [0.5, 0.6) is 0 Å². The Labute approximate surface area is 139 Å². The Morgan fingerprint density at radius 1 is 1.17 bits per heavy atom. The number of anilines is 1. The SMILES string of the molecule is CN(C(=O)C1(N)CCCCC1)C1CCCN(c2ccccc2)C1. The highest BCUT2D eigenvalue weighted by molar-refractivity contribution is 5.86. The van der Waals surface area contributed by atoms with Crippen molar-refractivity contribution in [2.45, 2.75) is 56.5 Å². The smallest absolute Gasteiger partial charge is 0.242 e. The summed E-state index contributed by atoms with van der Waals surface area (Å²) in [6, 6.07) is 10.8. The molecule has 1 aliphatic heterocycles. The van der Waals surface area contributed by atoms with Crippen molar-refractivity contribution in [3.63, 3.8) is 0 Å². The van der Waals surface area contributed by atoms with E-state index >= 15 is 0 Å². The summed E-state index contributed by atoms with van der Waals surface area (Å²) in [7, 11) is 1.95. The van der Waals surface area contributed by atoms with Crippen molar-refractivity contribution in [1.29, 1.82) is 0 Å². The number of nitrogens with two attached hydrogens (primary N) is 1.